The Balaban J connectivity index is 3.17. The molecule has 0 aliphatic heterocycles. The molecule has 7 heteroatoms. The lowest BCUT2D eigenvalue weighted by Crippen LogP contribution is -2.48. The predicted molar refractivity (Wildman–Crippen MR) is 121 cm³/mol. The highest BCUT2D eigenvalue weighted by Crippen LogP contribution is 2.25. The maximum absolute atomic E-state index is 13.1. The number of amides is 3. The molecule has 0 aliphatic carbocycles. The number of hydrogen-bond acceptors (Lipinski definition) is 4. The van der Waals surface area contributed by atoms with Crippen LogP contribution in [0.25, 0.3) is 0 Å². The third-order valence-electron chi connectivity index (χ3n) is 4.37. The van der Waals surface area contributed by atoms with Crippen LogP contribution < -0.4 is 10.6 Å². The van der Waals surface area contributed by atoms with Crippen LogP contribution in [0.2, 0.25) is 0 Å². The molecule has 3 amide bonds. The first-order valence-corrected chi connectivity index (χ1v) is 10.7. The predicted octanol–water partition coefficient (Wildman–Crippen LogP) is 3.39. The van der Waals surface area contributed by atoms with Gasteiger partial charge in [0.05, 0.1) is 0 Å². The molecule has 0 saturated heterocycles. The van der Waals surface area contributed by atoms with Crippen molar-refractivity contribution in [2.24, 2.45) is 0 Å². The summed E-state index contributed by atoms with van der Waals surface area (Å²) in [5.74, 6) is 1.91. The van der Waals surface area contributed by atoms with Crippen LogP contribution in [0.4, 0.5) is 4.79 Å². The average molecular weight is 430 g/mol. The van der Waals surface area contributed by atoms with Crippen molar-refractivity contribution in [1.82, 2.24) is 15.5 Å². The van der Waals surface area contributed by atoms with Gasteiger partial charge in [-0.15, -0.1) is 6.42 Å². The van der Waals surface area contributed by atoms with Crippen molar-refractivity contribution >= 4 is 17.9 Å². The van der Waals surface area contributed by atoms with Gasteiger partial charge in [-0.05, 0) is 45.2 Å². The molecule has 7 nitrogen and oxygen atoms in total. The molecule has 0 fully saturated rings. The van der Waals surface area contributed by atoms with Crippen LogP contribution in [0, 0.1) is 12.3 Å². The summed E-state index contributed by atoms with van der Waals surface area (Å²) in [5, 5.41) is 5.39. The van der Waals surface area contributed by atoms with E-state index in [2.05, 4.69) is 16.6 Å². The third kappa shape index (κ3) is 8.71. The fraction of sp³-hybridized carbons (Fsp3) is 0.542. The summed E-state index contributed by atoms with van der Waals surface area (Å²) < 4.78 is 5.20. The van der Waals surface area contributed by atoms with E-state index in [4.69, 9.17) is 11.2 Å². The molecule has 170 valence electrons. The van der Waals surface area contributed by atoms with Crippen molar-refractivity contribution in [1.29, 1.82) is 0 Å². The number of alkyl carbamates (subject to hydrolysis) is 1. The van der Waals surface area contributed by atoms with Gasteiger partial charge in [0, 0.05) is 18.7 Å². The second-order valence-electron chi connectivity index (χ2n) is 8.22. The van der Waals surface area contributed by atoms with Crippen molar-refractivity contribution in [3.63, 3.8) is 0 Å². The van der Waals surface area contributed by atoms with Crippen LogP contribution in [0.3, 0.4) is 0 Å². The van der Waals surface area contributed by atoms with Crippen LogP contribution in [-0.4, -0.2) is 48.0 Å². The van der Waals surface area contributed by atoms with Gasteiger partial charge in [0.1, 0.15) is 18.2 Å². The zero-order valence-electron chi connectivity index (χ0n) is 19.3. The standard InChI is InChI=1S/C24H35N3O4/c1-7-10-15-25-22(29)21(19-14-12-11-13-18(19)9-3)27(16-8-2)20(28)17-26-23(30)31-24(4,5)6/h3,11-14,21H,7-8,10,15-17H2,1-2,4-6H3,(H,25,29)(H,26,30). The van der Waals surface area contributed by atoms with Gasteiger partial charge in [-0.25, -0.2) is 4.79 Å². The van der Waals surface area contributed by atoms with E-state index >= 15 is 0 Å². The van der Waals surface area contributed by atoms with Crippen molar-refractivity contribution < 1.29 is 19.1 Å². The molecule has 1 aromatic carbocycles. The Hall–Kier alpha value is -3.01. The zero-order valence-corrected chi connectivity index (χ0v) is 19.3. The molecule has 31 heavy (non-hydrogen) atoms. The summed E-state index contributed by atoms with van der Waals surface area (Å²) in [5.41, 5.74) is 0.453. The van der Waals surface area contributed by atoms with Gasteiger partial charge >= 0.3 is 6.09 Å². The van der Waals surface area contributed by atoms with Crippen molar-refractivity contribution in [3.8, 4) is 12.3 Å². The minimum atomic E-state index is -0.892. The Bertz CT molecular complexity index is 793. The normalized spacial score (nSPS) is 11.7. The van der Waals surface area contributed by atoms with Gasteiger partial charge in [-0.1, -0.05) is 44.4 Å². The van der Waals surface area contributed by atoms with E-state index in [1.165, 1.54) is 4.90 Å². The highest BCUT2D eigenvalue weighted by molar-refractivity contribution is 5.91. The van der Waals surface area contributed by atoms with Gasteiger partial charge in [0.25, 0.3) is 0 Å². The smallest absolute Gasteiger partial charge is 0.408 e. The molecule has 1 rings (SSSR count). The number of nitrogens with zero attached hydrogens (tertiary/aromatic N) is 1. The molecule has 0 aliphatic rings. The summed E-state index contributed by atoms with van der Waals surface area (Å²) in [7, 11) is 0. The number of rotatable bonds is 10. The molecular formula is C24H35N3O4. The molecule has 0 aromatic heterocycles. The van der Waals surface area contributed by atoms with Crippen molar-refractivity contribution in [3.05, 3.63) is 35.4 Å². The van der Waals surface area contributed by atoms with Gasteiger partial charge < -0.3 is 20.3 Å². The van der Waals surface area contributed by atoms with Gasteiger partial charge in [0.15, 0.2) is 0 Å². The molecule has 0 saturated carbocycles. The second kappa shape index (κ2) is 12.6. The second-order valence-corrected chi connectivity index (χ2v) is 8.22. The number of unbranched alkanes of at least 4 members (excludes halogenated alkanes) is 1. The highest BCUT2D eigenvalue weighted by atomic mass is 16.6. The lowest BCUT2D eigenvalue weighted by atomic mass is 9.98. The largest absolute Gasteiger partial charge is 0.444 e. The quantitative estimate of drug-likeness (QED) is 0.441. The van der Waals surface area contributed by atoms with E-state index in [0.29, 0.717) is 30.6 Å². The summed E-state index contributed by atoms with van der Waals surface area (Å²) in [6, 6.07) is 6.19. The van der Waals surface area contributed by atoms with E-state index in [1.807, 2.05) is 13.8 Å². The topological polar surface area (TPSA) is 87.7 Å². The first kappa shape index (κ1) is 26.0. The van der Waals surface area contributed by atoms with Crippen molar-refractivity contribution in [2.75, 3.05) is 19.6 Å². The maximum Gasteiger partial charge on any atom is 0.408 e. The lowest BCUT2D eigenvalue weighted by Gasteiger charge is -2.32. The molecule has 0 heterocycles. The van der Waals surface area contributed by atoms with E-state index < -0.39 is 23.6 Å². The van der Waals surface area contributed by atoms with Gasteiger partial charge in [-0.2, -0.15) is 0 Å². The van der Waals surface area contributed by atoms with E-state index in [0.717, 1.165) is 12.8 Å². The fourth-order valence-electron chi connectivity index (χ4n) is 3.00. The van der Waals surface area contributed by atoms with Crippen LogP contribution in [-0.2, 0) is 14.3 Å². The zero-order chi connectivity index (χ0) is 23.4. The van der Waals surface area contributed by atoms with Crippen LogP contribution in [0.15, 0.2) is 24.3 Å². The summed E-state index contributed by atoms with van der Waals surface area (Å²) in [4.78, 5) is 39.7. The maximum atomic E-state index is 13.1. The summed E-state index contributed by atoms with van der Waals surface area (Å²) in [6.45, 7) is 9.73. The van der Waals surface area contributed by atoms with E-state index in [9.17, 15) is 14.4 Å². The van der Waals surface area contributed by atoms with E-state index in [1.54, 1.807) is 45.0 Å². The average Bonchev–Trinajstić information content (AvgIpc) is 2.71. The SMILES string of the molecule is C#Cc1ccccc1C(C(=O)NCCCC)N(CCC)C(=O)CNC(=O)OC(C)(C)C. The first-order valence-electron chi connectivity index (χ1n) is 10.7. The number of nitrogens with one attached hydrogen (secondary N) is 2. The molecular weight excluding hydrogens is 394 g/mol. The Morgan fingerprint density at radius 3 is 2.39 bits per heavy atom. The molecule has 1 atom stereocenters. The first-order chi connectivity index (χ1) is 14.6. The molecule has 0 radical (unpaired) electrons. The number of carbonyl (C=O) groups excluding carboxylic acids is 3. The van der Waals surface area contributed by atoms with Crippen LogP contribution in [0.1, 0.15) is 71.0 Å². The van der Waals surface area contributed by atoms with E-state index in [-0.39, 0.29) is 12.5 Å². The Morgan fingerprint density at radius 2 is 1.81 bits per heavy atom. The number of benzene rings is 1. The lowest BCUT2D eigenvalue weighted by molar-refractivity contribution is -0.140. The summed E-state index contributed by atoms with van der Waals surface area (Å²) >= 11 is 0. The molecule has 1 aromatic rings. The van der Waals surface area contributed by atoms with Gasteiger partial charge in [-0.3, -0.25) is 9.59 Å². The minimum Gasteiger partial charge on any atom is -0.444 e. The molecule has 0 bridgehead atoms. The number of terminal acetylenes is 1. The van der Waals surface area contributed by atoms with Crippen molar-refractivity contribution in [2.45, 2.75) is 65.5 Å². The molecule has 1 unspecified atom stereocenters. The van der Waals surface area contributed by atoms with Gasteiger partial charge in [0.2, 0.25) is 11.8 Å². The molecule has 2 N–H and O–H groups in total. The van der Waals surface area contributed by atoms with Crippen LogP contribution >= 0.6 is 0 Å². The minimum absolute atomic E-state index is 0.286. The number of ether oxygens (including phenoxy) is 1. The highest BCUT2D eigenvalue weighted by Gasteiger charge is 2.32. The number of hydrogen-bond donors (Lipinski definition) is 2. The summed E-state index contributed by atoms with van der Waals surface area (Å²) in [6.07, 6.45) is 7.37. The number of carbonyl (C=O) groups is 3. The van der Waals surface area contributed by atoms with Crippen LogP contribution in [0.5, 0.6) is 0 Å². The Kier molecular flexibility index (Phi) is 10.6. The Labute approximate surface area is 185 Å². The molecule has 0 spiro atoms. The fourth-order valence-corrected chi connectivity index (χ4v) is 3.00. The monoisotopic (exact) mass is 429 g/mol. The third-order valence-corrected chi connectivity index (χ3v) is 4.37. The Morgan fingerprint density at radius 1 is 1.13 bits per heavy atom.